The monoisotopic (exact) mass is 396 g/mol. The number of hydrogen-bond acceptors (Lipinski definition) is 6. The van der Waals surface area contributed by atoms with Gasteiger partial charge < -0.3 is 18.9 Å². The molecule has 1 aromatic carbocycles. The van der Waals surface area contributed by atoms with Crippen molar-refractivity contribution in [2.45, 2.75) is 56.8 Å². The number of hydrogen-bond donors (Lipinski definition) is 1. The van der Waals surface area contributed by atoms with Crippen molar-refractivity contribution in [3.63, 3.8) is 0 Å². The van der Waals surface area contributed by atoms with Gasteiger partial charge in [-0.3, -0.25) is 0 Å². The first-order chi connectivity index (χ1) is 12.5. The van der Waals surface area contributed by atoms with Crippen LogP contribution in [0.25, 0.3) is 0 Å². The molecule has 0 aromatic heterocycles. The van der Waals surface area contributed by atoms with E-state index in [9.17, 15) is 8.42 Å². The maximum atomic E-state index is 12.5. The molecular weight excluding hydrogens is 367 g/mol. The summed E-state index contributed by atoms with van der Waals surface area (Å²) in [4.78, 5) is 2.36. The molecule has 2 aliphatic heterocycles. The van der Waals surface area contributed by atoms with Gasteiger partial charge in [-0.05, 0) is 65.3 Å². The van der Waals surface area contributed by atoms with Crippen LogP contribution in [-0.2, 0) is 24.1 Å². The van der Waals surface area contributed by atoms with Gasteiger partial charge in [0.1, 0.15) is 0 Å². The second-order valence-corrected chi connectivity index (χ2v) is 10.1. The normalized spacial score (nSPS) is 25.0. The van der Waals surface area contributed by atoms with E-state index in [0.29, 0.717) is 25.2 Å². The van der Waals surface area contributed by atoms with Gasteiger partial charge in [-0.25, -0.2) is 13.1 Å². The van der Waals surface area contributed by atoms with E-state index in [1.165, 1.54) is 7.05 Å². The minimum Gasteiger partial charge on any atom is -0.399 e. The molecule has 3 rings (SSSR count). The Balaban J connectivity index is 2.06. The molecular formula is C18H29BN2O5S. The molecule has 0 amide bonds. The van der Waals surface area contributed by atoms with Crippen molar-refractivity contribution in [3.05, 3.63) is 18.2 Å². The van der Waals surface area contributed by atoms with Crippen molar-refractivity contribution < 1.29 is 22.5 Å². The van der Waals surface area contributed by atoms with Crippen molar-refractivity contribution >= 4 is 28.3 Å². The highest BCUT2D eigenvalue weighted by molar-refractivity contribution is 7.89. The molecule has 7 nitrogen and oxygen atoms in total. The summed E-state index contributed by atoms with van der Waals surface area (Å²) in [7, 11) is -2.82. The second-order valence-electron chi connectivity index (χ2n) is 8.17. The van der Waals surface area contributed by atoms with Crippen LogP contribution in [0.4, 0.5) is 5.69 Å². The van der Waals surface area contributed by atoms with Gasteiger partial charge in [-0.1, -0.05) is 0 Å². The summed E-state index contributed by atoms with van der Waals surface area (Å²) in [5, 5.41) is 0. The molecule has 1 unspecified atom stereocenters. The summed E-state index contributed by atoms with van der Waals surface area (Å²) in [6.07, 6.45) is 0. The van der Waals surface area contributed by atoms with E-state index >= 15 is 0 Å². The second kappa shape index (κ2) is 7.04. The fraction of sp³-hybridized carbons (Fsp3) is 0.667. The standard InChI is InChI=1S/C18H29BN2O5S/c1-13-12-24-8-7-21(13)15-9-14(10-16(11-15)27(22,23)20-6)19-25-17(2,3)18(4,5)26-19/h9-11,13,20H,7-8,12H2,1-6H3. The molecule has 2 heterocycles. The summed E-state index contributed by atoms with van der Waals surface area (Å²) in [6.45, 7) is 11.9. The largest absolute Gasteiger partial charge is 0.494 e. The number of sulfonamides is 1. The van der Waals surface area contributed by atoms with Gasteiger partial charge in [-0.15, -0.1) is 0 Å². The Morgan fingerprint density at radius 2 is 1.78 bits per heavy atom. The Labute approximate surface area is 162 Å². The van der Waals surface area contributed by atoms with E-state index in [4.69, 9.17) is 14.0 Å². The molecule has 1 aromatic rings. The highest BCUT2D eigenvalue weighted by Crippen LogP contribution is 2.37. The highest BCUT2D eigenvalue weighted by atomic mass is 32.2. The van der Waals surface area contributed by atoms with Crippen LogP contribution in [0.3, 0.4) is 0 Å². The zero-order chi connectivity index (χ0) is 20.0. The Morgan fingerprint density at radius 3 is 2.33 bits per heavy atom. The van der Waals surface area contributed by atoms with Crippen LogP contribution >= 0.6 is 0 Å². The van der Waals surface area contributed by atoms with Crippen LogP contribution in [0.1, 0.15) is 34.6 Å². The average molecular weight is 396 g/mol. The van der Waals surface area contributed by atoms with Gasteiger partial charge in [0.2, 0.25) is 10.0 Å². The molecule has 0 saturated carbocycles. The zero-order valence-electron chi connectivity index (χ0n) is 16.9. The fourth-order valence-corrected chi connectivity index (χ4v) is 4.07. The number of ether oxygens (including phenoxy) is 1. The molecule has 27 heavy (non-hydrogen) atoms. The average Bonchev–Trinajstić information content (AvgIpc) is 2.82. The van der Waals surface area contributed by atoms with Crippen molar-refractivity contribution in [3.8, 4) is 0 Å². The van der Waals surface area contributed by atoms with E-state index in [1.54, 1.807) is 12.1 Å². The Morgan fingerprint density at radius 1 is 1.15 bits per heavy atom. The molecule has 0 spiro atoms. The lowest BCUT2D eigenvalue weighted by Gasteiger charge is -2.35. The smallest absolute Gasteiger partial charge is 0.399 e. The van der Waals surface area contributed by atoms with Crippen LogP contribution in [0, 0.1) is 0 Å². The van der Waals surface area contributed by atoms with Crippen molar-refractivity contribution in [1.82, 2.24) is 4.72 Å². The summed E-state index contributed by atoms with van der Waals surface area (Å²) in [5.41, 5.74) is 0.523. The molecule has 0 aliphatic carbocycles. The minimum atomic E-state index is -3.61. The lowest BCUT2D eigenvalue weighted by atomic mass is 9.79. The topological polar surface area (TPSA) is 77.1 Å². The third-order valence-corrected chi connectivity index (χ3v) is 7.11. The SMILES string of the molecule is CNS(=O)(=O)c1cc(B2OC(C)(C)C(C)(C)O2)cc(N2CCOCC2C)c1. The van der Waals surface area contributed by atoms with Crippen molar-refractivity contribution in [2.24, 2.45) is 0 Å². The van der Waals surface area contributed by atoms with Crippen LogP contribution in [0.2, 0.25) is 0 Å². The first kappa shape index (κ1) is 20.6. The summed E-state index contributed by atoms with van der Waals surface area (Å²) >= 11 is 0. The lowest BCUT2D eigenvalue weighted by Crippen LogP contribution is -2.44. The molecule has 0 bridgehead atoms. The fourth-order valence-electron chi connectivity index (χ4n) is 3.27. The quantitative estimate of drug-likeness (QED) is 0.769. The number of anilines is 1. The van der Waals surface area contributed by atoms with E-state index in [0.717, 1.165) is 5.69 Å². The van der Waals surface area contributed by atoms with Crippen LogP contribution in [0.5, 0.6) is 0 Å². The number of benzene rings is 1. The Bertz CT molecular complexity index is 796. The molecule has 1 N–H and O–H groups in total. The number of morpholine rings is 1. The maximum Gasteiger partial charge on any atom is 0.494 e. The predicted octanol–water partition coefficient (Wildman–Crippen LogP) is 1.12. The Hall–Kier alpha value is -1.13. The first-order valence-electron chi connectivity index (χ1n) is 9.25. The third kappa shape index (κ3) is 3.89. The van der Waals surface area contributed by atoms with E-state index in [2.05, 4.69) is 16.5 Å². The maximum absolute atomic E-state index is 12.5. The lowest BCUT2D eigenvalue weighted by molar-refractivity contribution is 0.00578. The number of rotatable bonds is 4. The van der Waals surface area contributed by atoms with E-state index < -0.39 is 28.3 Å². The predicted molar refractivity (Wildman–Crippen MR) is 106 cm³/mol. The molecule has 0 radical (unpaired) electrons. The molecule has 2 saturated heterocycles. The molecule has 2 aliphatic rings. The zero-order valence-corrected chi connectivity index (χ0v) is 17.7. The van der Waals surface area contributed by atoms with Gasteiger partial charge in [0.15, 0.2) is 0 Å². The van der Waals surface area contributed by atoms with Gasteiger partial charge in [0.05, 0.1) is 29.3 Å². The first-order valence-corrected chi connectivity index (χ1v) is 10.7. The van der Waals surface area contributed by atoms with Crippen LogP contribution in [-0.4, -0.2) is 59.6 Å². The number of nitrogens with one attached hydrogen (secondary N) is 1. The van der Waals surface area contributed by atoms with Crippen LogP contribution in [0.15, 0.2) is 23.1 Å². The van der Waals surface area contributed by atoms with Gasteiger partial charge in [-0.2, -0.15) is 0 Å². The van der Waals surface area contributed by atoms with Crippen molar-refractivity contribution in [2.75, 3.05) is 31.7 Å². The third-order valence-electron chi connectivity index (χ3n) is 5.72. The van der Waals surface area contributed by atoms with Gasteiger partial charge >= 0.3 is 7.12 Å². The van der Waals surface area contributed by atoms with Crippen molar-refractivity contribution in [1.29, 1.82) is 0 Å². The minimum absolute atomic E-state index is 0.150. The molecule has 2 fully saturated rings. The van der Waals surface area contributed by atoms with E-state index in [-0.39, 0.29) is 10.9 Å². The highest BCUT2D eigenvalue weighted by Gasteiger charge is 2.52. The van der Waals surface area contributed by atoms with Gasteiger partial charge in [0, 0.05) is 18.3 Å². The molecule has 150 valence electrons. The summed E-state index contributed by atoms with van der Waals surface area (Å²) in [6, 6.07) is 5.43. The molecule has 1 atom stereocenters. The van der Waals surface area contributed by atoms with Crippen LogP contribution < -0.4 is 15.1 Å². The number of nitrogens with zero attached hydrogens (tertiary/aromatic N) is 1. The van der Waals surface area contributed by atoms with E-state index in [1.807, 2.05) is 33.8 Å². The summed E-state index contributed by atoms with van der Waals surface area (Å²) < 4.78 is 45.2. The Kier molecular flexibility index (Phi) is 5.37. The van der Waals surface area contributed by atoms with Gasteiger partial charge in [0.25, 0.3) is 0 Å². The summed E-state index contributed by atoms with van der Waals surface area (Å²) in [5.74, 6) is 0. The molecule has 9 heteroatoms.